The van der Waals surface area contributed by atoms with Crippen LogP contribution in [0.3, 0.4) is 0 Å². The summed E-state index contributed by atoms with van der Waals surface area (Å²) in [5.41, 5.74) is 1.34. The molecular weight excluding hydrogens is 200 g/mol. The van der Waals surface area contributed by atoms with Crippen molar-refractivity contribution in [1.29, 1.82) is 0 Å². The molecule has 0 radical (unpaired) electrons. The molecule has 0 bridgehead atoms. The fraction of sp³-hybridized carbons (Fsp3) is 0.462. The van der Waals surface area contributed by atoms with Crippen molar-refractivity contribution in [2.75, 3.05) is 26.2 Å². The number of aliphatic hydroxyl groups excluding tert-OH is 1. The number of benzene rings is 1. The van der Waals surface area contributed by atoms with E-state index < -0.39 is 0 Å². The van der Waals surface area contributed by atoms with Crippen LogP contribution in [-0.2, 0) is 0 Å². The summed E-state index contributed by atoms with van der Waals surface area (Å²) in [4.78, 5) is 2.32. The zero-order valence-corrected chi connectivity index (χ0v) is 9.71. The first-order chi connectivity index (χ1) is 7.81. The lowest BCUT2D eigenvalue weighted by Crippen LogP contribution is -2.23. The van der Waals surface area contributed by atoms with Crippen molar-refractivity contribution in [2.45, 2.75) is 13.0 Å². The van der Waals surface area contributed by atoms with Crippen molar-refractivity contribution in [3.05, 3.63) is 35.9 Å². The molecule has 2 rings (SSSR count). The minimum atomic E-state index is 0.226. The van der Waals surface area contributed by atoms with Gasteiger partial charge in [0.1, 0.15) is 25.7 Å². The number of rotatable bonds is 4. The number of nitrogens with zero attached hydrogens (tertiary/aromatic N) is 2. The van der Waals surface area contributed by atoms with E-state index in [4.69, 9.17) is 5.11 Å². The van der Waals surface area contributed by atoms with Gasteiger partial charge in [0.25, 0.3) is 0 Å². The highest BCUT2D eigenvalue weighted by molar-refractivity contribution is 5.51. The monoisotopic (exact) mass is 219 g/mol. The number of aliphatic hydroxyl groups is 1. The minimum Gasteiger partial charge on any atom is -0.392 e. The third kappa shape index (κ3) is 2.42. The van der Waals surface area contributed by atoms with Crippen LogP contribution in [-0.4, -0.2) is 47.2 Å². The molecule has 1 aliphatic heterocycles. The molecule has 3 nitrogen and oxygen atoms in total. The second-order valence-electron chi connectivity index (χ2n) is 4.20. The lowest BCUT2D eigenvalue weighted by Gasteiger charge is -2.16. The molecule has 16 heavy (non-hydrogen) atoms. The SMILES string of the molecule is C[C@H](c1ccccc1)N1C=[N+](CCO)CC1. The summed E-state index contributed by atoms with van der Waals surface area (Å²) in [5, 5.41) is 8.89. The van der Waals surface area contributed by atoms with Crippen LogP contribution in [0.5, 0.6) is 0 Å². The molecule has 1 atom stereocenters. The average molecular weight is 219 g/mol. The van der Waals surface area contributed by atoms with Crippen molar-refractivity contribution in [1.82, 2.24) is 4.90 Å². The Kier molecular flexibility index (Phi) is 3.57. The molecule has 1 aliphatic rings. The van der Waals surface area contributed by atoms with Gasteiger partial charge in [0.2, 0.25) is 6.34 Å². The van der Waals surface area contributed by atoms with Crippen LogP contribution in [0.2, 0.25) is 0 Å². The summed E-state index contributed by atoms with van der Waals surface area (Å²) in [7, 11) is 0. The molecule has 0 fully saturated rings. The lowest BCUT2D eigenvalue weighted by molar-refractivity contribution is -0.516. The number of β-amino-alcohol motifs (C(OH)–C–C–N with tert-alkyl or cyclic N) is 1. The number of hydrogen-bond donors (Lipinski definition) is 1. The van der Waals surface area contributed by atoms with Gasteiger partial charge in [0.15, 0.2) is 0 Å². The van der Waals surface area contributed by atoms with Gasteiger partial charge in [-0.2, -0.15) is 0 Å². The Hall–Kier alpha value is -1.35. The predicted molar refractivity (Wildman–Crippen MR) is 64.7 cm³/mol. The Morgan fingerprint density at radius 1 is 1.38 bits per heavy atom. The van der Waals surface area contributed by atoms with Gasteiger partial charge < -0.3 is 5.11 Å². The first-order valence-corrected chi connectivity index (χ1v) is 5.82. The topological polar surface area (TPSA) is 26.5 Å². The highest BCUT2D eigenvalue weighted by Gasteiger charge is 2.24. The summed E-state index contributed by atoms with van der Waals surface area (Å²) >= 11 is 0. The van der Waals surface area contributed by atoms with E-state index >= 15 is 0 Å². The Morgan fingerprint density at radius 2 is 2.12 bits per heavy atom. The third-order valence-corrected chi connectivity index (χ3v) is 3.12. The minimum absolute atomic E-state index is 0.226. The summed E-state index contributed by atoms with van der Waals surface area (Å²) in [5.74, 6) is 0. The van der Waals surface area contributed by atoms with Gasteiger partial charge in [-0.15, -0.1) is 0 Å². The summed E-state index contributed by atoms with van der Waals surface area (Å²) in [6.07, 6.45) is 2.13. The molecule has 0 unspecified atom stereocenters. The molecule has 3 heteroatoms. The highest BCUT2D eigenvalue weighted by Crippen LogP contribution is 2.19. The van der Waals surface area contributed by atoms with Crippen LogP contribution in [0.15, 0.2) is 30.3 Å². The smallest absolute Gasteiger partial charge is 0.234 e. The van der Waals surface area contributed by atoms with Gasteiger partial charge in [-0.25, -0.2) is 0 Å². The van der Waals surface area contributed by atoms with Gasteiger partial charge in [-0.05, 0) is 12.5 Å². The van der Waals surface area contributed by atoms with Crippen molar-refractivity contribution in [2.24, 2.45) is 0 Å². The van der Waals surface area contributed by atoms with E-state index in [1.807, 2.05) is 6.07 Å². The molecule has 0 saturated heterocycles. The zero-order valence-electron chi connectivity index (χ0n) is 9.71. The van der Waals surface area contributed by atoms with E-state index in [0.717, 1.165) is 19.6 Å². The van der Waals surface area contributed by atoms with Crippen LogP contribution in [0.4, 0.5) is 0 Å². The van der Waals surface area contributed by atoms with Crippen LogP contribution >= 0.6 is 0 Å². The first-order valence-electron chi connectivity index (χ1n) is 5.82. The summed E-state index contributed by atoms with van der Waals surface area (Å²) in [6, 6.07) is 10.9. The van der Waals surface area contributed by atoms with Crippen LogP contribution < -0.4 is 0 Å². The molecule has 0 spiro atoms. The van der Waals surface area contributed by atoms with Gasteiger partial charge in [-0.3, -0.25) is 9.48 Å². The van der Waals surface area contributed by atoms with Gasteiger partial charge in [0.05, 0.1) is 6.61 Å². The molecule has 1 aromatic carbocycles. The Morgan fingerprint density at radius 3 is 2.81 bits per heavy atom. The van der Waals surface area contributed by atoms with E-state index in [2.05, 4.69) is 47.0 Å². The molecule has 0 amide bonds. The molecule has 1 aromatic rings. The fourth-order valence-electron chi connectivity index (χ4n) is 2.08. The Bertz CT molecular complexity index is 361. The predicted octanol–water partition coefficient (Wildman–Crippen LogP) is 1.10. The maximum Gasteiger partial charge on any atom is 0.234 e. The van der Waals surface area contributed by atoms with Gasteiger partial charge in [-0.1, -0.05) is 30.3 Å². The van der Waals surface area contributed by atoms with Crippen molar-refractivity contribution in [3.8, 4) is 0 Å². The molecule has 86 valence electrons. The standard InChI is InChI=1S/C13H19N2O/c1-12(13-5-3-2-4-6-13)15-8-7-14(11-15)9-10-16/h2-6,11-12,16H,7-10H2,1H3/q+1/t12-/m1/s1. The van der Waals surface area contributed by atoms with Gasteiger partial charge >= 0.3 is 0 Å². The molecule has 0 saturated carbocycles. The van der Waals surface area contributed by atoms with E-state index in [-0.39, 0.29) is 6.61 Å². The number of hydrogen-bond acceptors (Lipinski definition) is 2. The lowest BCUT2D eigenvalue weighted by atomic mass is 10.1. The maximum atomic E-state index is 8.89. The third-order valence-electron chi connectivity index (χ3n) is 3.12. The second-order valence-corrected chi connectivity index (χ2v) is 4.20. The van der Waals surface area contributed by atoms with Crippen molar-refractivity contribution >= 4 is 6.34 Å². The van der Waals surface area contributed by atoms with Gasteiger partial charge in [0, 0.05) is 0 Å². The fourth-order valence-corrected chi connectivity index (χ4v) is 2.08. The highest BCUT2D eigenvalue weighted by atomic mass is 16.3. The van der Waals surface area contributed by atoms with Crippen LogP contribution in [0, 0.1) is 0 Å². The quantitative estimate of drug-likeness (QED) is 0.767. The summed E-state index contributed by atoms with van der Waals surface area (Å²) in [6.45, 7) is 5.23. The maximum absolute atomic E-state index is 8.89. The Labute approximate surface area is 96.6 Å². The zero-order chi connectivity index (χ0) is 11.4. The van der Waals surface area contributed by atoms with Crippen LogP contribution in [0.1, 0.15) is 18.5 Å². The van der Waals surface area contributed by atoms with E-state index in [9.17, 15) is 0 Å². The molecule has 1 heterocycles. The molecule has 1 N–H and O–H groups in total. The van der Waals surface area contributed by atoms with E-state index in [0.29, 0.717) is 6.04 Å². The largest absolute Gasteiger partial charge is 0.392 e. The van der Waals surface area contributed by atoms with Crippen LogP contribution in [0.25, 0.3) is 0 Å². The normalized spacial score (nSPS) is 17.4. The second kappa shape index (κ2) is 5.12. The Balaban J connectivity index is 2.04. The average Bonchev–Trinajstić information content (AvgIpc) is 2.78. The van der Waals surface area contributed by atoms with E-state index in [1.165, 1.54) is 5.56 Å². The molecule has 0 aliphatic carbocycles. The van der Waals surface area contributed by atoms with Crippen molar-refractivity contribution < 1.29 is 9.68 Å². The molecule has 0 aromatic heterocycles. The summed E-state index contributed by atoms with van der Waals surface area (Å²) < 4.78 is 2.17. The molecular formula is C13H19N2O+. The first kappa shape index (κ1) is 11.1. The van der Waals surface area contributed by atoms with E-state index in [1.54, 1.807) is 0 Å². The van der Waals surface area contributed by atoms with Crippen molar-refractivity contribution in [3.63, 3.8) is 0 Å².